The molecule has 21 heavy (non-hydrogen) atoms. The first-order valence-electron chi connectivity index (χ1n) is 6.67. The zero-order valence-corrected chi connectivity index (χ0v) is 12.4. The highest BCUT2D eigenvalue weighted by Gasteiger charge is 2.05. The number of rotatable bonds is 3. The van der Waals surface area contributed by atoms with E-state index in [2.05, 4.69) is 12.1 Å². The number of anilines is 1. The van der Waals surface area contributed by atoms with Crippen molar-refractivity contribution in [2.45, 2.75) is 6.92 Å². The van der Waals surface area contributed by atoms with Crippen molar-refractivity contribution in [1.82, 2.24) is 0 Å². The van der Waals surface area contributed by atoms with Crippen LogP contribution in [0, 0.1) is 24.1 Å². The largest absolute Gasteiger partial charge is 0.378 e. The predicted octanol–water partition coefficient (Wildman–Crippen LogP) is 4.26. The van der Waals surface area contributed by atoms with Gasteiger partial charge in [0.1, 0.15) is 5.82 Å². The van der Waals surface area contributed by atoms with Gasteiger partial charge in [0.25, 0.3) is 0 Å². The molecule has 0 aliphatic heterocycles. The van der Waals surface area contributed by atoms with Crippen molar-refractivity contribution in [2.75, 3.05) is 19.0 Å². The van der Waals surface area contributed by atoms with Gasteiger partial charge in [-0.15, -0.1) is 0 Å². The minimum atomic E-state index is -0.340. The third kappa shape index (κ3) is 3.49. The lowest BCUT2D eigenvalue weighted by Crippen LogP contribution is -2.08. The third-order valence-electron chi connectivity index (χ3n) is 3.33. The van der Waals surface area contributed by atoms with E-state index in [4.69, 9.17) is 0 Å². The molecular weight excluding hydrogens is 263 g/mol. The summed E-state index contributed by atoms with van der Waals surface area (Å²) in [7, 11) is 3.97. The number of nitrogens with zero attached hydrogens (tertiary/aromatic N) is 2. The molecule has 0 bridgehead atoms. The van der Waals surface area contributed by atoms with E-state index in [0.717, 1.165) is 16.8 Å². The Morgan fingerprint density at radius 1 is 1.19 bits per heavy atom. The van der Waals surface area contributed by atoms with Gasteiger partial charge < -0.3 is 4.90 Å². The quantitative estimate of drug-likeness (QED) is 0.620. The molecule has 0 fully saturated rings. The van der Waals surface area contributed by atoms with Gasteiger partial charge >= 0.3 is 0 Å². The van der Waals surface area contributed by atoms with Crippen LogP contribution in [0.3, 0.4) is 0 Å². The Morgan fingerprint density at radius 3 is 2.52 bits per heavy atom. The number of halogens is 1. The van der Waals surface area contributed by atoms with Crippen LogP contribution in [0.4, 0.5) is 10.1 Å². The zero-order valence-electron chi connectivity index (χ0n) is 12.4. The molecule has 2 aromatic rings. The average molecular weight is 280 g/mol. The molecule has 0 radical (unpaired) electrons. The highest BCUT2D eigenvalue weighted by molar-refractivity contribution is 5.90. The van der Waals surface area contributed by atoms with E-state index in [0.29, 0.717) is 11.1 Å². The van der Waals surface area contributed by atoms with Gasteiger partial charge in [-0.2, -0.15) is 5.26 Å². The number of hydrogen-bond acceptors (Lipinski definition) is 2. The standard InChI is InChI=1S/C18H17FN2/c1-13-9-18(21(2)3)8-7-14(13)10-16(12-20)15-5-4-6-17(19)11-15/h4-11H,1-3H3/b16-10+. The number of allylic oxidation sites excluding steroid dienone is 1. The second-order valence-electron chi connectivity index (χ2n) is 5.12. The topological polar surface area (TPSA) is 27.0 Å². The fourth-order valence-corrected chi connectivity index (χ4v) is 2.09. The Kier molecular flexibility index (Phi) is 4.39. The molecule has 3 heteroatoms. The highest BCUT2D eigenvalue weighted by Crippen LogP contribution is 2.23. The van der Waals surface area contributed by atoms with Crippen molar-refractivity contribution >= 4 is 17.3 Å². The first kappa shape index (κ1) is 14.8. The van der Waals surface area contributed by atoms with Crippen LogP contribution >= 0.6 is 0 Å². The summed E-state index contributed by atoms with van der Waals surface area (Å²) in [5.41, 5.74) is 4.18. The molecule has 2 nitrogen and oxygen atoms in total. The minimum absolute atomic E-state index is 0.340. The summed E-state index contributed by atoms with van der Waals surface area (Å²) in [4.78, 5) is 2.03. The van der Waals surface area contributed by atoms with Gasteiger partial charge in [-0.25, -0.2) is 4.39 Å². The van der Waals surface area contributed by atoms with Gasteiger partial charge in [-0.05, 0) is 54.0 Å². The fourth-order valence-electron chi connectivity index (χ4n) is 2.09. The van der Waals surface area contributed by atoms with Gasteiger partial charge in [0, 0.05) is 19.8 Å². The summed E-state index contributed by atoms with van der Waals surface area (Å²) in [6.45, 7) is 2.00. The van der Waals surface area contributed by atoms with Crippen LogP contribution in [-0.4, -0.2) is 14.1 Å². The monoisotopic (exact) mass is 280 g/mol. The lowest BCUT2D eigenvalue weighted by Gasteiger charge is -2.14. The van der Waals surface area contributed by atoms with Gasteiger partial charge in [0.15, 0.2) is 0 Å². The van der Waals surface area contributed by atoms with Gasteiger partial charge in [-0.3, -0.25) is 0 Å². The molecule has 2 rings (SSSR count). The molecule has 0 N–H and O–H groups in total. The van der Waals surface area contributed by atoms with Crippen molar-refractivity contribution in [3.05, 3.63) is 65.0 Å². The maximum Gasteiger partial charge on any atom is 0.123 e. The Balaban J connectivity index is 2.44. The normalized spacial score (nSPS) is 11.1. The maximum atomic E-state index is 13.3. The van der Waals surface area contributed by atoms with Crippen LogP contribution in [0.15, 0.2) is 42.5 Å². The van der Waals surface area contributed by atoms with E-state index in [1.165, 1.54) is 12.1 Å². The molecule has 0 unspecified atom stereocenters. The lowest BCUT2D eigenvalue weighted by molar-refractivity contribution is 0.627. The van der Waals surface area contributed by atoms with Crippen molar-refractivity contribution in [1.29, 1.82) is 5.26 Å². The summed E-state index contributed by atoms with van der Waals surface area (Å²) < 4.78 is 13.3. The second kappa shape index (κ2) is 6.23. The zero-order chi connectivity index (χ0) is 15.4. The Bertz CT molecular complexity index is 724. The molecule has 0 spiro atoms. The average Bonchev–Trinajstić information content (AvgIpc) is 2.45. The molecule has 0 aliphatic rings. The van der Waals surface area contributed by atoms with Crippen molar-refractivity contribution in [3.63, 3.8) is 0 Å². The highest BCUT2D eigenvalue weighted by atomic mass is 19.1. The first-order valence-corrected chi connectivity index (χ1v) is 6.67. The number of nitriles is 1. The Morgan fingerprint density at radius 2 is 1.95 bits per heavy atom. The van der Waals surface area contributed by atoms with E-state index in [1.54, 1.807) is 18.2 Å². The Hall–Kier alpha value is -2.60. The second-order valence-corrected chi connectivity index (χ2v) is 5.12. The molecule has 2 aromatic carbocycles. The van der Waals surface area contributed by atoms with E-state index in [-0.39, 0.29) is 5.82 Å². The van der Waals surface area contributed by atoms with Crippen LogP contribution in [0.5, 0.6) is 0 Å². The van der Waals surface area contributed by atoms with Gasteiger partial charge in [0.05, 0.1) is 11.6 Å². The van der Waals surface area contributed by atoms with Crippen molar-refractivity contribution in [2.24, 2.45) is 0 Å². The van der Waals surface area contributed by atoms with Crippen molar-refractivity contribution < 1.29 is 4.39 Å². The molecule has 0 aromatic heterocycles. The molecule has 0 aliphatic carbocycles. The summed E-state index contributed by atoms with van der Waals surface area (Å²) in [6, 6.07) is 14.3. The molecule has 106 valence electrons. The SMILES string of the molecule is Cc1cc(N(C)C)ccc1/C=C(\C#N)c1cccc(F)c1. The van der Waals surface area contributed by atoms with E-state index in [9.17, 15) is 9.65 Å². The third-order valence-corrected chi connectivity index (χ3v) is 3.33. The fraction of sp³-hybridized carbons (Fsp3) is 0.167. The number of aryl methyl sites for hydroxylation is 1. The van der Waals surface area contributed by atoms with E-state index < -0.39 is 0 Å². The summed E-state index contributed by atoms with van der Waals surface area (Å²) in [5, 5.41) is 9.32. The maximum absolute atomic E-state index is 13.3. The summed E-state index contributed by atoms with van der Waals surface area (Å²) >= 11 is 0. The molecular formula is C18H17FN2. The van der Waals surface area contributed by atoms with Crippen LogP contribution in [0.2, 0.25) is 0 Å². The van der Waals surface area contributed by atoms with E-state index >= 15 is 0 Å². The summed E-state index contributed by atoms with van der Waals surface area (Å²) in [5.74, 6) is -0.340. The van der Waals surface area contributed by atoms with Gasteiger partial charge in [0.2, 0.25) is 0 Å². The van der Waals surface area contributed by atoms with Crippen molar-refractivity contribution in [3.8, 4) is 6.07 Å². The van der Waals surface area contributed by atoms with Crippen LogP contribution in [-0.2, 0) is 0 Å². The minimum Gasteiger partial charge on any atom is -0.378 e. The van der Waals surface area contributed by atoms with Crippen LogP contribution in [0.25, 0.3) is 11.6 Å². The van der Waals surface area contributed by atoms with Crippen LogP contribution < -0.4 is 4.90 Å². The molecule has 0 saturated heterocycles. The van der Waals surface area contributed by atoms with Gasteiger partial charge in [-0.1, -0.05) is 18.2 Å². The van der Waals surface area contributed by atoms with Crippen LogP contribution in [0.1, 0.15) is 16.7 Å². The summed E-state index contributed by atoms with van der Waals surface area (Å²) in [6.07, 6.45) is 1.80. The van der Waals surface area contributed by atoms with E-state index in [1.807, 2.05) is 38.1 Å². The number of hydrogen-bond donors (Lipinski definition) is 0. The predicted molar refractivity (Wildman–Crippen MR) is 85.4 cm³/mol. The molecule has 0 heterocycles. The Labute approximate surface area is 124 Å². The molecule has 0 atom stereocenters. The molecule has 0 saturated carbocycles. The lowest BCUT2D eigenvalue weighted by atomic mass is 10.0. The number of benzene rings is 2. The first-order chi connectivity index (χ1) is 10.0. The molecule has 0 amide bonds. The smallest absolute Gasteiger partial charge is 0.123 e.